The van der Waals surface area contributed by atoms with Gasteiger partial charge in [0.15, 0.2) is 0 Å². The molecule has 4 aromatic rings. The summed E-state index contributed by atoms with van der Waals surface area (Å²) in [7, 11) is 0. The van der Waals surface area contributed by atoms with E-state index in [1.54, 1.807) is 30.3 Å². The second kappa shape index (κ2) is 12.5. The summed E-state index contributed by atoms with van der Waals surface area (Å²) in [6.07, 6.45) is 2.82. The lowest BCUT2D eigenvalue weighted by molar-refractivity contribution is -0.119. The van der Waals surface area contributed by atoms with Gasteiger partial charge in [-0.1, -0.05) is 53.5 Å². The third-order valence-corrected chi connectivity index (χ3v) is 6.29. The summed E-state index contributed by atoms with van der Waals surface area (Å²) in [5, 5.41) is 4.33. The van der Waals surface area contributed by atoms with E-state index in [0.717, 1.165) is 5.56 Å². The third kappa shape index (κ3) is 6.86. The molecule has 40 heavy (non-hydrogen) atoms. The number of carbonyl (C=O) groups is 2. The Balaban J connectivity index is 1.71. The van der Waals surface area contributed by atoms with Gasteiger partial charge in [-0.3, -0.25) is 24.0 Å². The fourth-order valence-electron chi connectivity index (χ4n) is 4.03. The highest BCUT2D eigenvalue weighted by Gasteiger charge is 2.24. The lowest BCUT2D eigenvalue weighted by Crippen LogP contribution is -2.34. The molecule has 4 rings (SSSR count). The van der Waals surface area contributed by atoms with Crippen LogP contribution in [-0.2, 0) is 11.2 Å². The summed E-state index contributed by atoms with van der Waals surface area (Å²) < 4.78 is 1.25. The van der Waals surface area contributed by atoms with E-state index in [9.17, 15) is 14.4 Å². The number of aromatic nitrogens is 2. The molecule has 10 nitrogen and oxygen atoms in total. The maximum atomic E-state index is 13.5. The highest BCUT2D eigenvalue weighted by atomic mass is 35.5. The lowest BCUT2D eigenvalue weighted by atomic mass is 10.0. The van der Waals surface area contributed by atoms with Crippen LogP contribution < -0.4 is 33.2 Å². The number of hydrogen-bond donors (Lipinski definition) is 4. The molecule has 0 fully saturated rings. The highest BCUT2D eigenvalue weighted by Crippen LogP contribution is 2.31. The molecule has 0 bridgehead atoms. The van der Waals surface area contributed by atoms with Crippen molar-refractivity contribution in [2.24, 2.45) is 17.3 Å². The second-order valence-electron chi connectivity index (χ2n) is 8.74. The van der Waals surface area contributed by atoms with E-state index in [4.69, 9.17) is 40.5 Å². The Morgan fingerprint density at radius 3 is 2.35 bits per heavy atom. The molecule has 1 atom stereocenters. The fraction of sp³-hybridized carbons (Fsp3) is 0.0714. The summed E-state index contributed by atoms with van der Waals surface area (Å²) in [5.74, 6) is 5.05. The Morgan fingerprint density at radius 2 is 1.73 bits per heavy atom. The number of anilines is 2. The fourth-order valence-corrected chi connectivity index (χ4v) is 4.31. The molecule has 1 heterocycles. The topological polar surface area (TPSA) is 162 Å². The molecular formula is C28H25Cl2N7O3. The maximum Gasteiger partial charge on any atom is 0.254 e. The van der Waals surface area contributed by atoms with Crippen LogP contribution in [-0.4, -0.2) is 21.4 Å². The minimum absolute atomic E-state index is 0.0502. The van der Waals surface area contributed by atoms with Crippen molar-refractivity contribution >= 4 is 46.4 Å². The first-order chi connectivity index (χ1) is 19.1. The van der Waals surface area contributed by atoms with Gasteiger partial charge in [0, 0.05) is 34.3 Å². The predicted molar refractivity (Wildman–Crippen MR) is 157 cm³/mol. The van der Waals surface area contributed by atoms with Crippen LogP contribution in [0.4, 0.5) is 11.4 Å². The molecule has 204 valence electrons. The van der Waals surface area contributed by atoms with Crippen molar-refractivity contribution in [2.75, 3.05) is 10.3 Å². The zero-order valence-corrected chi connectivity index (χ0v) is 22.5. The minimum Gasteiger partial charge on any atom is -0.388 e. The molecule has 0 aliphatic heterocycles. The maximum absolute atomic E-state index is 13.5. The first-order valence-electron chi connectivity index (χ1n) is 11.9. The number of amides is 2. The number of nitrogens with two attached hydrogens (primary N) is 3. The largest absolute Gasteiger partial charge is 0.388 e. The minimum atomic E-state index is -0.948. The van der Waals surface area contributed by atoms with Crippen molar-refractivity contribution in [3.05, 3.63) is 123 Å². The molecule has 12 heteroatoms. The number of nitrogens with one attached hydrogen (secondary N) is 1. The van der Waals surface area contributed by atoms with E-state index in [1.807, 2.05) is 30.3 Å². The summed E-state index contributed by atoms with van der Waals surface area (Å²) in [5.41, 5.74) is 13.1. The number of hydrazine groups is 1. The van der Waals surface area contributed by atoms with Gasteiger partial charge in [-0.05, 0) is 48.0 Å². The van der Waals surface area contributed by atoms with Crippen LogP contribution in [0.5, 0.6) is 0 Å². The van der Waals surface area contributed by atoms with Crippen molar-refractivity contribution in [3.8, 4) is 11.3 Å². The number of halogens is 2. The van der Waals surface area contributed by atoms with Gasteiger partial charge in [-0.25, -0.2) is 10.8 Å². The Bertz CT molecular complexity index is 1620. The summed E-state index contributed by atoms with van der Waals surface area (Å²) in [6.45, 7) is 0. The zero-order valence-electron chi connectivity index (χ0n) is 21.0. The summed E-state index contributed by atoms with van der Waals surface area (Å²) >= 11 is 12.0. The Kier molecular flexibility index (Phi) is 8.85. The number of carbonyl (C=O) groups excluding carboxylic acids is 2. The van der Waals surface area contributed by atoms with E-state index in [0.29, 0.717) is 27.5 Å². The van der Waals surface area contributed by atoms with Crippen molar-refractivity contribution in [1.82, 2.24) is 9.55 Å². The van der Waals surface area contributed by atoms with Crippen molar-refractivity contribution < 1.29 is 9.59 Å². The van der Waals surface area contributed by atoms with E-state index in [2.05, 4.69) is 10.3 Å². The van der Waals surface area contributed by atoms with Gasteiger partial charge in [-0.15, -0.1) is 0 Å². The van der Waals surface area contributed by atoms with Gasteiger partial charge in [0.05, 0.1) is 23.9 Å². The molecule has 0 saturated heterocycles. The monoisotopic (exact) mass is 577 g/mol. The average molecular weight is 578 g/mol. The second-order valence-corrected chi connectivity index (χ2v) is 9.61. The molecule has 0 saturated carbocycles. The van der Waals surface area contributed by atoms with Gasteiger partial charge in [0.1, 0.15) is 11.2 Å². The molecule has 1 aromatic heterocycles. The number of benzene rings is 3. The molecule has 0 radical (unpaired) electrons. The van der Waals surface area contributed by atoms with Gasteiger partial charge in [0.2, 0.25) is 11.8 Å². The quantitative estimate of drug-likeness (QED) is 0.134. The van der Waals surface area contributed by atoms with E-state index >= 15 is 0 Å². The Labute approximate surface area is 239 Å². The molecule has 3 aromatic carbocycles. The van der Waals surface area contributed by atoms with E-state index < -0.39 is 23.4 Å². The predicted octanol–water partition coefficient (Wildman–Crippen LogP) is 3.76. The lowest BCUT2D eigenvalue weighted by Gasteiger charge is -2.21. The first-order valence-corrected chi connectivity index (χ1v) is 12.7. The van der Waals surface area contributed by atoms with Crippen molar-refractivity contribution in [1.29, 1.82) is 0 Å². The van der Waals surface area contributed by atoms with E-state index in [-0.39, 0.29) is 17.3 Å². The molecule has 0 spiro atoms. The highest BCUT2D eigenvalue weighted by molar-refractivity contribution is 6.31. The number of hydrogen-bond acceptors (Lipinski definition) is 7. The van der Waals surface area contributed by atoms with Gasteiger partial charge in [-0.2, -0.15) is 0 Å². The van der Waals surface area contributed by atoms with Gasteiger partial charge >= 0.3 is 0 Å². The molecule has 2 amide bonds. The molecule has 0 aliphatic carbocycles. The average Bonchev–Trinajstić information content (AvgIpc) is 2.92. The number of rotatable bonds is 9. The van der Waals surface area contributed by atoms with Crippen molar-refractivity contribution in [3.63, 3.8) is 0 Å². The molecular weight excluding hydrogens is 553 g/mol. The van der Waals surface area contributed by atoms with Crippen LogP contribution in [0.3, 0.4) is 0 Å². The van der Waals surface area contributed by atoms with Crippen LogP contribution in [0.25, 0.3) is 11.3 Å². The van der Waals surface area contributed by atoms with Crippen LogP contribution in [0, 0.1) is 0 Å². The normalized spacial score (nSPS) is 12.0. The molecule has 7 N–H and O–H groups in total. The zero-order chi connectivity index (χ0) is 28.8. The van der Waals surface area contributed by atoms with Gasteiger partial charge in [0.25, 0.3) is 5.56 Å². The van der Waals surface area contributed by atoms with Crippen molar-refractivity contribution in [2.45, 2.75) is 12.5 Å². The van der Waals surface area contributed by atoms with Crippen LogP contribution >= 0.6 is 23.2 Å². The number of primary amides is 1. The Hall–Kier alpha value is -4.64. The number of nitrogens with zero attached hydrogens (tertiary/aromatic N) is 3. The smallest absolute Gasteiger partial charge is 0.254 e. The Morgan fingerprint density at radius 1 is 1.02 bits per heavy atom. The van der Waals surface area contributed by atoms with Crippen LogP contribution in [0.1, 0.15) is 22.0 Å². The standard InChI is InChI=1S/C28H25Cl2N7O3/c29-19-8-11-23(37(33)15-25(30)31)21(13-19)22-14-26(38)36(16-34-22)24(12-17-4-2-1-3-5-17)28(40)35-20-9-6-18(7-10-20)27(32)39/h1-11,13-16,24H,12,31,33H2,(H2,32,39)(H,35,40)/b25-15-. The summed E-state index contributed by atoms with van der Waals surface area (Å²) in [4.78, 5) is 42.7. The van der Waals surface area contributed by atoms with E-state index in [1.165, 1.54) is 40.3 Å². The summed E-state index contributed by atoms with van der Waals surface area (Å²) in [6, 6.07) is 20.6. The first kappa shape index (κ1) is 28.4. The SMILES string of the molecule is NC(=O)c1ccc(NC(=O)C(Cc2ccccc2)n2cnc(-c3cc(Cl)ccc3N(N)/C=C(\N)Cl)cc2=O)cc1. The van der Waals surface area contributed by atoms with Crippen LogP contribution in [0.2, 0.25) is 5.02 Å². The third-order valence-electron chi connectivity index (χ3n) is 5.96. The molecule has 0 aliphatic rings. The molecule has 1 unspecified atom stereocenters. The van der Waals surface area contributed by atoms with Gasteiger partial charge < -0.3 is 16.8 Å². The van der Waals surface area contributed by atoms with Crippen LogP contribution in [0.15, 0.2) is 101 Å².